The lowest BCUT2D eigenvalue weighted by Crippen LogP contribution is -2.22. The van der Waals surface area contributed by atoms with Gasteiger partial charge in [-0.1, -0.05) is 47.2 Å². The van der Waals surface area contributed by atoms with Crippen LogP contribution in [0, 0.1) is 13.8 Å². The van der Waals surface area contributed by atoms with Crippen molar-refractivity contribution in [3.8, 4) is 0 Å². The highest BCUT2D eigenvalue weighted by Crippen LogP contribution is 2.37. The third kappa shape index (κ3) is 6.75. The van der Waals surface area contributed by atoms with Gasteiger partial charge in [0.2, 0.25) is 0 Å². The number of hydrogen-bond acceptors (Lipinski definition) is 5. The summed E-state index contributed by atoms with van der Waals surface area (Å²) in [5.41, 5.74) is 3.95. The quantitative estimate of drug-likeness (QED) is 0.165. The van der Waals surface area contributed by atoms with Crippen molar-refractivity contribution in [2.45, 2.75) is 23.6 Å². The van der Waals surface area contributed by atoms with Crippen molar-refractivity contribution >= 4 is 63.0 Å². The molecule has 8 nitrogen and oxygen atoms in total. The molecule has 0 aliphatic carbocycles. The second-order valence-corrected chi connectivity index (χ2v) is 11.3. The van der Waals surface area contributed by atoms with Crippen molar-refractivity contribution in [2.24, 2.45) is 0 Å². The minimum Gasteiger partial charge on any atom is -0.465 e. The summed E-state index contributed by atoms with van der Waals surface area (Å²) in [5, 5.41) is 0. The van der Waals surface area contributed by atoms with Gasteiger partial charge in [-0.3, -0.25) is 9.11 Å². The van der Waals surface area contributed by atoms with E-state index in [0.29, 0.717) is 22.0 Å². The van der Waals surface area contributed by atoms with Crippen LogP contribution in [0.3, 0.4) is 0 Å². The number of hydrogen-bond donors (Lipinski definition) is 2. The molecule has 202 valence electrons. The molecule has 0 fully saturated rings. The van der Waals surface area contributed by atoms with Gasteiger partial charge in [0, 0.05) is 9.79 Å². The first-order valence-electron chi connectivity index (χ1n) is 11.6. The van der Waals surface area contributed by atoms with Crippen LogP contribution < -0.4 is 8.61 Å². The van der Waals surface area contributed by atoms with E-state index in [0.717, 1.165) is 20.3 Å². The lowest BCUT2D eigenvalue weighted by atomic mass is 10.1. The van der Waals surface area contributed by atoms with Gasteiger partial charge in [-0.05, 0) is 80.6 Å². The minimum absolute atomic E-state index is 0.128. The standard InChI is InChI=1S/C28H26N2O6S3/c1-19-4-8-21(9-5-19)29(38(32)33)22-12-14-24(15-13-22)37-25-16-17-27(26(18-25)28(31)36-3)30(39(34)35)23-10-6-20(2)7-11-23/h4-18H,1-3H3,(H,32,33)(H,34,35). The molecule has 0 aliphatic heterocycles. The third-order valence-electron chi connectivity index (χ3n) is 5.75. The number of benzene rings is 4. The number of ether oxygens (including phenoxy) is 1. The van der Waals surface area contributed by atoms with E-state index >= 15 is 0 Å². The Bertz CT molecular complexity index is 1510. The van der Waals surface area contributed by atoms with Crippen molar-refractivity contribution in [2.75, 3.05) is 15.7 Å². The van der Waals surface area contributed by atoms with E-state index in [-0.39, 0.29) is 11.3 Å². The Morgan fingerprint density at radius 3 is 1.59 bits per heavy atom. The number of carbonyl (C=O) groups excluding carboxylic acids is 1. The predicted octanol–water partition coefficient (Wildman–Crippen LogP) is 6.79. The number of carbonyl (C=O) groups is 1. The molecule has 2 N–H and O–H groups in total. The van der Waals surface area contributed by atoms with Crippen LogP contribution in [-0.4, -0.2) is 30.6 Å². The summed E-state index contributed by atoms with van der Waals surface area (Å²) in [6, 6.07) is 26.4. The Morgan fingerprint density at radius 2 is 1.13 bits per heavy atom. The van der Waals surface area contributed by atoms with E-state index < -0.39 is 28.5 Å². The highest BCUT2D eigenvalue weighted by molar-refractivity contribution is 7.99. The summed E-state index contributed by atoms with van der Waals surface area (Å²) in [5.74, 6) is -0.649. The van der Waals surface area contributed by atoms with Crippen molar-refractivity contribution in [1.29, 1.82) is 0 Å². The molecular weight excluding hydrogens is 557 g/mol. The van der Waals surface area contributed by atoms with E-state index in [1.807, 2.05) is 38.1 Å². The third-order valence-corrected chi connectivity index (χ3v) is 8.20. The number of anilines is 4. The van der Waals surface area contributed by atoms with Gasteiger partial charge in [0.1, 0.15) is 0 Å². The van der Waals surface area contributed by atoms with Gasteiger partial charge in [0.05, 0.1) is 35.4 Å². The molecule has 4 rings (SSSR count). The molecule has 0 spiro atoms. The smallest absolute Gasteiger partial charge is 0.340 e. The van der Waals surface area contributed by atoms with E-state index in [2.05, 4.69) is 0 Å². The van der Waals surface area contributed by atoms with Crippen molar-refractivity contribution < 1.29 is 27.1 Å². The molecule has 0 radical (unpaired) electrons. The molecule has 2 atom stereocenters. The molecule has 0 amide bonds. The minimum atomic E-state index is -2.44. The summed E-state index contributed by atoms with van der Waals surface area (Å²) in [6.07, 6.45) is 0. The van der Waals surface area contributed by atoms with Crippen LogP contribution in [-0.2, 0) is 27.3 Å². The molecule has 39 heavy (non-hydrogen) atoms. The first-order valence-corrected chi connectivity index (χ1v) is 14.6. The fraction of sp³-hybridized carbons (Fsp3) is 0.107. The number of rotatable bonds is 9. The van der Waals surface area contributed by atoms with Crippen molar-refractivity contribution in [3.05, 3.63) is 108 Å². The zero-order chi connectivity index (χ0) is 28.1. The second kappa shape index (κ2) is 12.6. The maximum Gasteiger partial charge on any atom is 0.340 e. The van der Waals surface area contributed by atoms with Gasteiger partial charge >= 0.3 is 5.97 Å². The van der Waals surface area contributed by atoms with E-state index in [4.69, 9.17) is 4.74 Å². The lowest BCUT2D eigenvalue weighted by molar-refractivity contribution is 0.0601. The number of nitrogens with zero attached hydrogens (tertiary/aromatic N) is 2. The number of methoxy groups -OCH3 is 1. The molecule has 2 unspecified atom stereocenters. The first-order chi connectivity index (χ1) is 18.7. The van der Waals surface area contributed by atoms with E-state index in [9.17, 15) is 22.3 Å². The fourth-order valence-electron chi connectivity index (χ4n) is 3.82. The average molecular weight is 583 g/mol. The van der Waals surface area contributed by atoms with Crippen LogP contribution in [0.15, 0.2) is 101 Å². The molecule has 4 aromatic carbocycles. The predicted molar refractivity (Wildman–Crippen MR) is 157 cm³/mol. The number of aryl methyl sites for hydroxylation is 2. The molecule has 0 bridgehead atoms. The maximum atomic E-state index is 12.7. The highest BCUT2D eigenvalue weighted by atomic mass is 32.2. The SMILES string of the molecule is COC(=O)c1cc(Sc2ccc(N(c3ccc(C)cc3)S(=O)O)cc2)ccc1N(c1ccc(C)cc1)S(=O)O. The summed E-state index contributed by atoms with van der Waals surface area (Å²) in [7, 11) is 1.25. The van der Waals surface area contributed by atoms with Gasteiger partial charge in [0.15, 0.2) is 0 Å². The van der Waals surface area contributed by atoms with Crippen LogP contribution in [0.4, 0.5) is 22.7 Å². The molecule has 0 aromatic heterocycles. The normalized spacial score (nSPS) is 12.4. The summed E-state index contributed by atoms with van der Waals surface area (Å²) in [4.78, 5) is 14.2. The Balaban J connectivity index is 1.64. The van der Waals surface area contributed by atoms with Gasteiger partial charge in [-0.15, -0.1) is 0 Å². The zero-order valence-electron chi connectivity index (χ0n) is 21.3. The molecule has 11 heteroatoms. The largest absolute Gasteiger partial charge is 0.465 e. The summed E-state index contributed by atoms with van der Waals surface area (Å²) in [6.45, 7) is 3.85. The van der Waals surface area contributed by atoms with Gasteiger partial charge in [-0.25, -0.2) is 21.8 Å². The molecule has 0 heterocycles. The zero-order valence-corrected chi connectivity index (χ0v) is 23.8. The van der Waals surface area contributed by atoms with Gasteiger partial charge < -0.3 is 4.74 Å². The summed E-state index contributed by atoms with van der Waals surface area (Å²) < 4.78 is 51.8. The first kappa shape index (κ1) is 28.5. The Labute approximate surface area is 236 Å². The van der Waals surface area contributed by atoms with Crippen molar-refractivity contribution in [1.82, 2.24) is 0 Å². The number of esters is 1. The lowest BCUT2D eigenvalue weighted by Gasteiger charge is -2.23. The topological polar surface area (TPSA) is 107 Å². The molecule has 4 aromatic rings. The fourth-order valence-corrected chi connectivity index (χ4v) is 5.91. The van der Waals surface area contributed by atoms with Crippen LogP contribution in [0.2, 0.25) is 0 Å². The van der Waals surface area contributed by atoms with Crippen LogP contribution in [0.1, 0.15) is 21.5 Å². The maximum absolute atomic E-state index is 12.7. The Morgan fingerprint density at radius 1 is 0.692 bits per heavy atom. The molecule has 0 aliphatic rings. The summed E-state index contributed by atoms with van der Waals surface area (Å²) >= 11 is -3.35. The average Bonchev–Trinajstić information content (AvgIpc) is 2.92. The van der Waals surface area contributed by atoms with Crippen LogP contribution in [0.5, 0.6) is 0 Å². The molecule has 0 saturated carbocycles. The molecule has 0 saturated heterocycles. The van der Waals surface area contributed by atoms with Gasteiger partial charge in [-0.2, -0.15) is 0 Å². The van der Waals surface area contributed by atoms with Crippen molar-refractivity contribution in [3.63, 3.8) is 0 Å². The van der Waals surface area contributed by atoms with Crippen LogP contribution in [0.25, 0.3) is 0 Å². The van der Waals surface area contributed by atoms with E-state index in [1.54, 1.807) is 66.7 Å². The Kier molecular flexibility index (Phi) is 9.20. The van der Waals surface area contributed by atoms with E-state index in [1.165, 1.54) is 23.2 Å². The monoisotopic (exact) mass is 582 g/mol. The second-order valence-electron chi connectivity index (χ2n) is 8.49. The highest BCUT2D eigenvalue weighted by Gasteiger charge is 2.23. The molecular formula is C28H26N2O6S3. The Hall–Kier alpha value is -3.48. The van der Waals surface area contributed by atoms with Gasteiger partial charge in [0.25, 0.3) is 22.5 Å². The van der Waals surface area contributed by atoms with Crippen LogP contribution >= 0.6 is 11.8 Å².